The van der Waals surface area contributed by atoms with Crippen LogP contribution in [0.15, 0.2) is 72.0 Å². The highest BCUT2D eigenvalue weighted by molar-refractivity contribution is 7.89. The SMILES string of the molecule is CC.CN(C(=O)c1cn2c(-c3ccc(C(F)(F)F)cc3)cnc2cn1)c1ccc(S(N)(=O)=O)cc1.[HH]. The Balaban J connectivity index is 0.00000148. The summed E-state index contributed by atoms with van der Waals surface area (Å²) in [6, 6.07) is 10.0. The summed E-state index contributed by atoms with van der Waals surface area (Å²) in [6.45, 7) is 4.00. The van der Waals surface area contributed by atoms with E-state index in [0.29, 0.717) is 22.6 Å². The van der Waals surface area contributed by atoms with E-state index < -0.39 is 27.7 Å². The van der Waals surface area contributed by atoms with E-state index in [2.05, 4.69) is 9.97 Å². The molecular weight excluding hydrogens is 483 g/mol. The Labute approximate surface area is 201 Å². The Morgan fingerprint density at radius 2 is 1.60 bits per heavy atom. The summed E-state index contributed by atoms with van der Waals surface area (Å²) >= 11 is 0. The molecule has 4 rings (SSSR count). The molecule has 0 saturated carbocycles. The maximum Gasteiger partial charge on any atom is 0.416 e. The summed E-state index contributed by atoms with van der Waals surface area (Å²) in [5.41, 5.74) is 1.05. The highest BCUT2D eigenvalue weighted by atomic mass is 32.2. The highest BCUT2D eigenvalue weighted by Crippen LogP contribution is 2.31. The molecule has 186 valence electrons. The van der Waals surface area contributed by atoms with Gasteiger partial charge in [-0.1, -0.05) is 26.0 Å². The van der Waals surface area contributed by atoms with E-state index in [1.807, 2.05) is 13.8 Å². The normalized spacial score (nSPS) is 11.6. The zero-order valence-corrected chi connectivity index (χ0v) is 19.8. The molecule has 12 heteroatoms. The number of nitrogens with two attached hydrogens (primary N) is 1. The molecule has 0 unspecified atom stereocenters. The number of carbonyl (C=O) groups excluding carboxylic acids is 1. The summed E-state index contributed by atoms with van der Waals surface area (Å²) in [5, 5.41) is 5.09. The lowest BCUT2D eigenvalue weighted by Gasteiger charge is -2.17. The van der Waals surface area contributed by atoms with Crippen molar-refractivity contribution in [3.63, 3.8) is 0 Å². The van der Waals surface area contributed by atoms with Gasteiger partial charge in [0.15, 0.2) is 5.65 Å². The van der Waals surface area contributed by atoms with Gasteiger partial charge in [0.1, 0.15) is 5.69 Å². The van der Waals surface area contributed by atoms with Gasteiger partial charge < -0.3 is 4.90 Å². The topological polar surface area (TPSA) is 111 Å². The average molecular weight is 508 g/mol. The van der Waals surface area contributed by atoms with Gasteiger partial charge in [0.25, 0.3) is 5.91 Å². The molecule has 2 aromatic heterocycles. The van der Waals surface area contributed by atoms with Gasteiger partial charge in [-0.3, -0.25) is 9.20 Å². The second-order valence-electron chi connectivity index (χ2n) is 7.12. The molecule has 2 aromatic carbocycles. The summed E-state index contributed by atoms with van der Waals surface area (Å²) in [4.78, 5) is 22.5. The molecule has 0 bridgehead atoms. The Kier molecular flexibility index (Phi) is 7.27. The van der Waals surface area contributed by atoms with Crippen molar-refractivity contribution in [2.75, 3.05) is 11.9 Å². The van der Waals surface area contributed by atoms with E-state index in [9.17, 15) is 26.4 Å². The molecule has 0 aliphatic carbocycles. The number of hydrogen-bond donors (Lipinski definition) is 1. The molecule has 0 saturated heterocycles. The van der Waals surface area contributed by atoms with E-state index >= 15 is 0 Å². The second-order valence-corrected chi connectivity index (χ2v) is 8.68. The Bertz CT molecular complexity index is 1460. The van der Waals surface area contributed by atoms with Crippen LogP contribution in [0.3, 0.4) is 0 Å². The van der Waals surface area contributed by atoms with Gasteiger partial charge in [-0.25, -0.2) is 23.5 Å². The van der Waals surface area contributed by atoms with Gasteiger partial charge in [-0.05, 0) is 36.4 Å². The lowest BCUT2D eigenvalue weighted by Crippen LogP contribution is -2.27. The molecule has 0 radical (unpaired) electrons. The molecule has 4 aromatic rings. The molecule has 1 amide bonds. The largest absolute Gasteiger partial charge is 0.416 e. The molecule has 0 aliphatic heterocycles. The van der Waals surface area contributed by atoms with Crippen LogP contribution < -0.4 is 10.0 Å². The molecule has 35 heavy (non-hydrogen) atoms. The van der Waals surface area contributed by atoms with E-state index in [0.717, 1.165) is 12.1 Å². The number of sulfonamides is 1. The number of nitrogens with zero attached hydrogens (tertiary/aromatic N) is 4. The maximum absolute atomic E-state index is 13.0. The average Bonchev–Trinajstić information content (AvgIpc) is 3.27. The molecule has 2 N–H and O–H groups in total. The third kappa shape index (κ3) is 5.49. The van der Waals surface area contributed by atoms with Crippen molar-refractivity contribution in [2.24, 2.45) is 5.14 Å². The molecular formula is C23H24F3N5O3S. The van der Waals surface area contributed by atoms with Crippen LogP contribution in [0.2, 0.25) is 0 Å². The number of rotatable bonds is 4. The summed E-state index contributed by atoms with van der Waals surface area (Å²) in [5.74, 6) is -0.493. The zero-order valence-electron chi connectivity index (χ0n) is 19.0. The van der Waals surface area contributed by atoms with E-state index in [1.54, 1.807) is 4.40 Å². The first-order chi connectivity index (χ1) is 16.4. The molecule has 0 aliphatic rings. The van der Waals surface area contributed by atoms with Crippen molar-refractivity contribution >= 4 is 27.3 Å². The third-order valence-corrected chi connectivity index (χ3v) is 5.91. The van der Waals surface area contributed by atoms with Gasteiger partial charge in [0, 0.05) is 25.9 Å². The lowest BCUT2D eigenvalue weighted by molar-refractivity contribution is -0.137. The van der Waals surface area contributed by atoms with Crippen LogP contribution in [0, 0.1) is 0 Å². The quantitative estimate of drug-likeness (QED) is 0.434. The number of primary sulfonamides is 1. The number of alkyl halides is 3. The predicted molar refractivity (Wildman–Crippen MR) is 127 cm³/mol. The molecule has 0 atom stereocenters. The van der Waals surface area contributed by atoms with Crippen molar-refractivity contribution in [1.29, 1.82) is 0 Å². The first-order valence-electron chi connectivity index (χ1n) is 10.4. The van der Waals surface area contributed by atoms with Crippen molar-refractivity contribution in [1.82, 2.24) is 14.4 Å². The van der Waals surface area contributed by atoms with Crippen LogP contribution in [0.5, 0.6) is 0 Å². The van der Waals surface area contributed by atoms with Gasteiger partial charge in [-0.2, -0.15) is 13.2 Å². The Morgan fingerprint density at radius 1 is 1.00 bits per heavy atom. The number of anilines is 1. The monoisotopic (exact) mass is 507 g/mol. The minimum Gasteiger partial charge on any atom is -0.310 e. The van der Waals surface area contributed by atoms with Crippen molar-refractivity contribution < 1.29 is 27.8 Å². The van der Waals surface area contributed by atoms with E-state index in [4.69, 9.17) is 5.14 Å². The molecule has 0 spiro atoms. The number of benzene rings is 2. The highest BCUT2D eigenvalue weighted by Gasteiger charge is 2.30. The van der Waals surface area contributed by atoms with Crippen LogP contribution in [-0.4, -0.2) is 35.7 Å². The third-order valence-electron chi connectivity index (χ3n) is 4.98. The van der Waals surface area contributed by atoms with Gasteiger partial charge in [-0.15, -0.1) is 0 Å². The fourth-order valence-corrected chi connectivity index (χ4v) is 3.71. The van der Waals surface area contributed by atoms with Crippen LogP contribution in [0.25, 0.3) is 16.9 Å². The smallest absolute Gasteiger partial charge is 0.310 e. The van der Waals surface area contributed by atoms with Gasteiger partial charge >= 0.3 is 6.18 Å². The fourth-order valence-electron chi connectivity index (χ4n) is 3.19. The molecule has 2 heterocycles. The van der Waals surface area contributed by atoms with Crippen molar-refractivity contribution in [3.8, 4) is 11.3 Å². The second kappa shape index (κ2) is 9.84. The first-order valence-corrected chi connectivity index (χ1v) is 11.9. The van der Waals surface area contributed by atoms with E-state index in [1.165, 1.54) is 66.9 Å². The van der Waals surface area contributed by atoms with E-state index in [-0.39, 0.29) is 12.0 Å². The summed E-state index contributed by atoms with van der Waals surface area (Å²) < 4.78 is 62.9. The van der Waals surface area contributed by atoms with Crippen LogP contribution in [-0.2, 0) is 16.2 Å². The summed E-state index contributed by atoms with van der Waals surface area (Å²) in [7, 11) is -2.38. The van der Waals surface area contributed by atoms with Gasteiger partial charge in [0.05, 0.1) is 28.5 Å². The standard InChI is InChI=1S/C21H16F3N5O3S.C2H6.H2/c1-28(15-6-8-16(9-7-15)33(25,31)32)20(30)17-12-29-18(10-27-19(29)11-26-17)13-2-4-14(5-3-13)21(22,23)24;1-2;/h2-12H,1H3,(H2,25,31,32);1-2H3;1H. The van der Waals surface area contributed by atoms with Crippen LogP contribution >= 0.6 is 0 Å². The number of aromatic nitrogens is 3. The maximum atomic E-state index is 13.0. The number of amides is 1. The zero-order chi connectivity index (χ0) is 26.0. The predicted octanol–water partition coefficient (Wildman–Crippen LogP) is 4.61. The number of hydrogen-bond acceptors (Lipinski definition) is 5. The van der Waals surface area contributed by atoms with Crippen molar-refractivity contribution in [2.45, 2.75) is 24.9 Å². The summed E-state index contributed by atoms with van der Waals surface area (Å²) in [6.07, 6.45) is -0.159. The lowest BCUT2D eigenvalue weighted by atomic mass is 10.1. The minimum absolute atomic E-state index is 0. The fraction of sp³-hybridized carbons (Fsp3) is 0.174. The van der Waals surface area contributed by atoms with Gasteiger partial charge in [0.2, 0.25) is 10.0 Å². The number of halogens is 3. The Hall–Kier alpha value is -3.77. The number of carbonyl (C=O) groups is 1. The molecule has 0 fully saturated rings. The number of imidazole rings is 1. The van der Waals surface area contributed by atoms with Crippen LogP contribution in [0.4, 0.5) is 18.9 Å². The molecule has 8 nitrogen and oxygen atoms in total. The van der Waals surface area contributed by atoms with Crippen LogP contribution in [0.1, 0.15) is 31.3 Å². The van der Waals surface area contributed by atoms with Crippen molar-refractivity contribution in [3.05, 3.63) is 78.4 Å². The number of fused-ring (bicyclic) bond motifs is 1. The first kappa shape index (κ1) is 25.8. The Morgan fingerprint density at radius 3 is 2.14 bits per heavy atom. The minimum atomic E-state index is -4.45.